The summed E-state index contributed by atoms with van der Waals surface area (Å²) in [5.41, 5.74) is 3.61. The summed E-state index contributed by atoms with van der Waals surface area (Å²) in [6, 6.07) is 0.732. The van der Waals surface area contributed by atoms with Gasteiger partial charge in [-0.25, -0.2) is 27.7 Å². The fraction of sp³-hybridized carbons (Fsp3) is 0.478. The highest BCUT2D eigenvalue weighted by atomic mass is 19.4. The Bertz CT molecular complexity index is 1440. The lowest BCUT2D eigenvalue weighted by Crippen LogP contribution is -2.42. The summed E-state index contributed by atoms with van der Waals surface area (Å²) in [4.78, 5) is 22.0. The summed E-state index contributed by atoms with van der Waals surface area (Å²) in [5, 5.41) is 16.1. The van der Waals surface area contributed by atoms with Gasteiger partial charge in [0.25, 0.3) is 5.91 Å². The number of hydrogen-bond acceptors (Lipinski definition) is 9. The number of methoxy groups -OCH3 is 1. The molecule has 0 radical (unpaired) electrons. The van der Waals surface area contributed by atoms with Gasteiger partial charge in [-0.2, -0.15) is 27.1 Å². The van der Waals surface area contributed by atoms with E-state index < -0.39 is 73.0 Å². The predicted octanol–water partition coefficient (Wildman–Crippen LogP) is 2.39. The number of nitrogen functional groups attached to an aromatic ring is 1. The third kappa shape index (κ3) is 6.46. The first-order chi connectivity index (χ1) is 19.6. The third-order valence-corrected chi connectivity index (χ3v) is 6.30. The number of nitrogens with two attached hydrogens (primary N) is 1. The number of β-amino-alcohol motifs (C(OH)–C–C–N with tert-alkyl or cyclic N) is 1. The van der Waals surface area contributed by atoms with Gasteiger partial charge in [-0.15, -0.1) is 0 Å². The Labute approximate surface area is 231 Å². The van der Waals surface area contributed by atoms with Gasteiger partial charge in [-0.1, -0.05) is 0 Å². The molecule has 3 atom stereocenters. The highest BCUT2D eigenvalue weighted by Gasteiger charge is 2.43. The molecule has 1 amide bonds. The molecule has 3 aromatic rings. The van der Waals surface area contributed by atoms with E-state index in [1.807, 2.05) is 0 Å². The summed E-state index contributed by atoms with van der Waals surface area (Å²) < 4.78 is 116. The lowest BCUT2D eigenvalue weighted by atomic mass is 10.1. The normalized spacial score (nSPS) is 19.0. The Morgan fingerprint density at radius 2 is 1.93 bits per heavy atom. The minimum absolute atomic E-state index is 0.00174. The van der Waals surface area contributed by atoms with Crippen LogP contribution in [-0.2, 0) is 10.9 Å². The third-order valence-electron chi connectivity index (χ3n) is 6.30. The SMILES string of the molecule is COc1ncc(-c2cc(C(F)(F)F)c3c(N)ncnn23)cc1C(=O)N[C@@H]1CN(CC(O)COC(F)(F)C(F)F)C[C@@H]1F. The summed E-state index contributed by atoms with van der Waals surface area (Å²) in [6.07, 6.45) is -15.0. The number of halogens is 8. The molecule has 1 saturated heterocycles. The van der Waals surface area contributed by atoms with Crippen molar-refractivity contribution < 1.29 is 54.5 Å². The maximum atomic E-state index is 14.7. The number of nitrogens with one attached hydrogen (secondary N) is 1. The molecular formula is C23H23F8N7O4. The molecule has 0 aliphatic carbocycles. The number of carbonyl (C=O) groups is 1. The minimum atomic E-state index is -4.82. The van der Waals surface area contributed by atoms with Crippen molar-refractivity contribution in [1.82, 2.24) is 29.8 Å². The molecule has 230 valence electrons. The number of alkyl halides is 8. The van der Waals surface area contributed by atoms with Gasteiger partial charge in [-0.05, 0) is 12.1 Å². The second-order valence-corrected chi connectivity index (χ2v) is 9.27. The van der Waals surface area contributed by atoms with Crippen LogP contribution in [0.3, 0.4) is 0 Å². The summed E-state index contributed by atoms with van der Waals surface area (Å²) in [7, 11) is 1.18. The van der Waals surface area contributed by atoms with Gasteiger partial charge >= 0.3 is 18.7 Å². The zero-order chi connectivity index (χ0) is 31.0. The van der Waals surface area contributed by atoms with Crippen LogP contribution in [0.2, 0.25) is 0 Å². The van der Waals surface area contributed by atoms with Crippen molar-refractivity contribution in [3.8, 4) is 17.1 Å². The van der Waals surface area contributed by atoms with Crippen molar-refractivity contribution in [2.24, 2.45) is 0 Å². The van der Waals surface area contributed by atoms with Crippen LogP contribution in [0, 0.1) is 0 Å². The van der Waals surface area contributed by atoms with Gasteiger partial charge in [0.2, 0.25) is 5.88 Å². The van der Waals surface area contributed by atoms with Crippen LogP contribution in [-0.4, -0.2) is 99.7 Å². The molecule has 4 rings (SSSR count). The fourth-order valence-electron chi connectivity index (χ4n) is 4.40. The van der Waals surface area contributed by atoms with E-state index in [1.54, 1.807) is 0 Å². The number of pyridine rings is 1. The van der Waals surface area contributed by atoms with E-state index in [0.29, 0.717) is 0 Å². The number of rotatable bonds is 10. The van der Waals surface area contributed by atoms with Gasteiger partial charge in [0.15, 0.2) is 5.82 Å². The number of carbonyl (C=O) groups excluding carboxylic acids is 1. The minimum Gasteiger partial charge on any atom is -0.480 e. The van der Waals surface area contributed by atoms with Crippen molar-refractivity contribution in [1.29, 1.82) is 0 Å². The monoisotopic (exact) mass is 613 g/mol. The quantitative estimate of drug-likeness (QED) is 0.294. The van der Waals surface area contributed by atoms with E-state index in [9.17, 15) is 45.0 Å². The largest absolute Gasteiger partial charge is 0.480 e. The summed E-state index contributed by atoms with van der Waals surface area (Å²) >= 11 is 0. The average molecular weight is 613 g/mol. The maximum absolute atomic E-state index is 14.7. The molecule has 3 aromatic heterocycles. The smallest absolute Gasteiger partial charge is 0.418 e. The van der Waals surface area contributed by atoms with Crippen LogP contribution in [0.4, 0.5) is 40.9 Å². The number of aromatic nitrogens is 4. The zero-order valence-electron chi connectivity index (χ0n) is 21.5. The fourth-order valence-corrected chi connectivity index (χ4v) is 4.40. The van der Waals surface area contributed by atoms with Crippen LogP contribution in [0.1, 0.15) is 15.9 Å². The van der Waals surface area contributed by atoms with E-state index in [-0.39, 0.29) is 35.8 Å². The van der Waals surface area contributed by atoms with Gasteiger partial charge in [0, 0.05) is 31.4 Å². The number of nitrogens with zero attached hydrogens (tertiary/aromatic N) is 5. The van der Waals surface area contributed by atoms with Gasteiger partial charge < -0.3 is 25.6 Å². The second kappa shape index (κ2) is 11.8. The van der Waals surface area contributed by atoms with Crippen LogP contribution in [0.15, 0.2) is 24.7 Å². The number of fused-ring (bicyclic) bond motifs is 1. The van der Waals surface area contributed by atoms with Crippen LogP contribution >= 0.6 is 0 Å². The molecule has 0 aromatic carbocycles. The average Bonchev–Trinajstić information content (AvgIpc) is 3.48. The van der Waals surface area contributed by atoms with Crippen molar-refractivity contribution in [2.75, 3.05) is 39.1 Å². The van der Waals surface area contributed by atoms with Gasteiger partial charge in [0.05, 0.1) is 37.1 Å². The molecule has 0 saturated carbocycles. The zero-order valence-corrected chi connectivity index (χ0v) is 21.5. The molecule has 19 heteroatoms. The first-order valence-electron chi connectivity index (χ1n) is 12.0. The molecule has 0 bridgehead atoms. The number of ether oxygens (including phenoxy) is 2. The topological polar surface area (TPSA) is 140 Å². The van der Waals surface area contributed by atoms with Gasteiger partial charge in [-0.3, -0.25) is 9.69 Å². The molecule has 4 heterocycles. The van der Waals surface area contributed by atoms with E-state index in [4.69, 9.17) is 10.5 Å². The number of aliphatic hydroxyl groups excluding tert-OH is 1. The molecule has 11 nitrogen and oxygen atoms in total. The lowest BCUT2D eigenvalue weighted by Gasteiger charge is -2.22. The van der Waals surface area contributed by atoms with Crippen LogP contribution in [0.25, 0.3) is 16.8 Å². The van der Waals surface area contributed by atoms with Crippen molar-refractivity contribution in [3.63, 3.8) is 0 Å². The Morgan fingerprint density at radius 1 is 1.21 bits per heavy atom. The van der Waals surface area contributed by atoms with E-state index >= 15 is 0 Å². The summed E-state index contributed by atoms with van der Waals surface area (Å²) in [5.74, 6) is -1.59. The van der Waals surface area contributed by atoms with Crippen LogP contribution < -0.4 is 15.8 Å². The Kier molecular flexibility index (Phi) is 8.74. The van der Waals surface area contributed by atoms with E-state index in [2.05, 4.69) is 25.1 Å². The number of amides is 1. The predicted molar refractivity (Wildman–Crippen MR) is 128 cm³/mol. The van der Waals surface area contributed by atoms with Crippen molar-refractivity contribution >= 4 is 17.2 Å². The molecule has 1 aliphatic heterocycles. The van der Waals surface area contributed by atoms with E-state index in [0.717, 1.165) is 29.2 Å². The number of likely N-dealkylation sites (tertiary alicyclic amines) is 1. The highest BCUT2D eigenvalue weighted by Crippen LogP contribution is 2.39. The van der Waals surface area contributed by atoms with E-state index in [1.165, 1.54) is 12.0 Å². The maximum Gasteiger partial charge on any atom is 0.418 e. The van der Waals surface area contributed by atoms with Crippen molar-refractivity contribution in [2.45, 2.75) is 37.0 Å². The standard InChI is InChI=1S/C23H23F8N7O4/c1-41-20-12(2-10(4-33-20)16-3-13(22(27,28)29)17-18(32)34-9-35-38(16)17)19(40)36-15-7-37(6-14(15)24)5-11(39)8-42-23(30,31)21(25)26/h2-4,9,11,14-15,21,39H,5-8H2,1H3,(H,36,40)(H2,32,34,35)/t11?,14-,15+/m0/s1. The highest BCUT2D eigenvalue weighted by molar-refractivity contribution is 5.98. The number of aliphatic hydroxyl groups is 1. The lowest BCUT2D eigenvalue weighted by molar-refractivity contribution is -0.306. The molecular weight excluding hydrogens is 590 g/mol. The van der Waals surface area contributed by atoms with Crippen LogP contribution in [0.5, 0.6) is 5.88 Å². The first-order valence-corrected chi connectivity index (χ1v) is 12.0. The van der Waals surface area contributed by atoms with Gasteiger partial charge in [0.1, 0.15) is 23.6 Å². The Morgan fingerprint density at radius 3 is 2.57 bits per heavy atom. The molecule has 1 fully saturated rings. The summed E-state index contributed by atoms with van der Waals surface area (Å²) in [6.45, 7) is -2.14. The Balaban J connectivity index is 1.52. The molecule has 0 spiro atoms. The van der Waals surface area contributed by atoms with Crippen molar-refractivity contribution in [3.05, 3.63) is 35.8 Å². The molecule has 4 N–H and O–H groups in total. The second-order valence-electron chi connectivity index (χ2n) is 9.27. The Hall–Kier alpha value is -3.84. The number of hydrogen-bond donors (Lipinski definition) is 3. The molecule has 1 unspecified atom stereocenters. The number of anilines is 1. The molecule has 42 heavy (non-hydrogen) atoms. The first kappa shape index (κ1) is 31.1. The molecule has 1 aliphatic rings.